The molecule has 1 aromatic heterocycles. The van der Waals surface area contributed by atoms with E-state index in [1.165, 1.54) is 23.3 Å². The molecule has 0 saturated heterocycles. The van der Waals surface area contributed by atoms with E-state index in [4.69, 9.17) is 23.7 Å². The van der Waals surface area contributed by atoms with Gasteiger partial charge in [-0.05, 0) is 31.2 Å². The van der Waals surface area contributed by atoms with E-state index in [1.54, 1.807) is 11.3 Å². The molecule has 2 rings (SSSR count). The largest absolute Gasteiger partial charge is 0.390 e. The van der Waals surface area contributed by atoms with Crippen molar-refractivity contribution in [2.75, 3.05) is 5.73 Å². The van der Waals surface area contributed by atoms with Crippen molar-refractivity contribution in [3.63, 3.8) is 0 Å². The summed E-state index contributed by atoms with van der Waals surface area (Å²) >= 11 is 6.65. The first-order valence-corrected chi connectivity index (χ1v) is 5.62. The van der Waals surface area contributed by atoms with E-state index in [0.29, 0.717) is 4.99 Å². The summed E-state index contributed by atoms with van der Waals surface area (Å²) in [6.45, 7) is 0. The quantitative estimate of drug-likeness (QED) is 0.698. The number of aryl methyl sites for hydroxylation is 1. The third kappa shape index (κ3) is 1.44. The van der Waals surface area contributed by atoms with Crippen LogP contribution >= 0.6 is 23.6 Å². The fraction of sp³-hybridized carbons (Fsp3) is 0.444. The Hall–Kier alpha value is -0.610. The monoisotopic (exact) mass is 212 g/mol. The first-order valence-electron chi connectivity index (χ1n) is 4.40. The van der Waals surface area contributed by atoms with E-state index in [-0.39, 0.29) is 0 Å². The lowest BCUT2D eigenvalue weighted by Crippen LogP contribution is -2.14. The van der Waals surface area contributed by atoms with Crippen molar-refractivity contribution in [2.24, 2.45) is 5.73 Å². The van der Waals surface area contributed by atoms with Gasteiger partial charge >= 0.3 is 0 Å². The number of anilines is 1. The van der Waals surface area contributed by atoms with Crippen LogP contribution in [-0.4, -0.2) is 4.99 Å². The fourth-order valence-corrected chi connectivity index (χ4v) is 3.33. The minimum atomic E-state index is 0.455. The second-order valence-electron chi connectivity index (χ2n) is 3.31. The van der Waals surface area contributed by atoms with E-state index in [2.05, 4.69) is 0 Å². The van der Waals surface area contributed by atoms with E-state index in [0.717, 1.165) is 23.4 Å². The molecule has 13 heavy (non-hydrogen) atoms. The van der Waals surface area contributed by atoms with Gasteiger partial charge in [0.1, 0.15) is 4.99 Å². The van der Waals surface area contributed by atoms with Crippen molar-refractivity contribution in [3.8, 4) is 0 Å². The third-order valence-corrected chi connectivity index (χ3v) is 3.77. The van der Waals surface area contributed by atoms with Gasteiger partial charge in [0.2, 0.25) is 0 Å². The summed E-state index contributed by atoms with van der Waals surface area (Å²) in [6.07, 6.45) is 4.74. The molecule has 1 aliphatic rings. The molecule has 2 nitrogen and oxygen atoms in total. The number of thiocarbonyl (C=S) groups is 1. The fourth-order valence-electron chi connectivity index (χ4n) is 1.86. The molecule has 0 spiro atoms. The van der Waals surface area contributed by atoms with Crippen LogP contribution < -0.4 is 11.5 Å². The van der Waals surface area contributed by atoms with Crippen LogP contribution in [0.15, 0.2) is 0 Å². The Labute approximate surface area is 86.9 Å². The topological polar surface area (TPSA) is 52.0 Å². The highest BCUT2D eigenvalue weighted by Crippen LogP contribution is 2.35. The van der Waals surface area contributed by atoms with Crippen molar-refractivity contribution in [2.45, 2.75) is 25.7 Å². The van der Waals surface area contributed by atoms with Crippen LogP contribution in [0.3, 0.4) is 0 Å². The lowest BCUT2D eigenvalue weighted by molar-refractivity contribution is 0.696. The Morgan fingerprint density at radius 2 is 2.00 bits per heavy atom. The van der Waals surface area contributed by atoms with Gasteiger partial charge in [-0.15, -0.1) is 11.3 Å². The molecule has 4 N–H and O–H groups in total. The number of rotatable bonds is 1. The zero-order valence-electron chi connectivity index (χ0n) is 7.30. The molecule has 70 valence electrons. The maximum absolute atomic E-state index is 5.87. The highest BCUT2D eigenvalue weighted by Gasteiger charge is 2.20. The zero-order valence-corrected chi connectivity index (χ0v) is 8.93. The first kappa shape index (κ1) is 8.97. The number of hydrogen-bond donors (Lipinski definition) is 2. The Kier molecular flexibility index (Phi) is 2.26. The van der Waals surface area contributed by atoms with Crippen molar-refractivity contribution in [1.29, 1.82) is 0 Å². The summed E-state index contributed by atoms with van der Waals surface area (Å²) in [6, 6.07) is 0. The molecule has 0 unspecified atom stereocenters. The minimum absolute atomic E-state index is 0.455. The Morgan fingerprint density at radius 1 is 1.31 bits per heavy atom. The van der Waals surface area contributed by atoms with Gasteiger partial charge in [-0.2, -0.15) is 0 Å². The number of hydrogen-bond acceptors (Lipinski definition) is 3. The Morgan fingerprint density at radius 3 is 2.69 bits per heavy atom. The summed E-state index contributed by atoms with van der Waals surface area (Å²) in [5, 5.41) is 0.805. The van der Waals surface area contributed by atoms with Crippen LogP contribution in [0.25, 0.3) is 0 Å². The zero-order chi connectivity index (χ0) is 9.42. The molecule has 0 saturated carbocycles. The highest BCUT2D eigenvalue weighted by atomic mass is 32.1. The first-order chi connectivity index (χ1) is 6.20. The Balaban J connectivity index is 2.54. The molecule has 1 heterocycles. The van der Waals surface area contributed by atoms with Gasteiger partial charge in [-0.1, -0.05) is 12.2 Å². The van der Waals surface area contributed by atoms with Crippen molar-refractivity contribution >= 4 is 33.5 Å². The van der Waals surface area contributed by atoms with E-state index >= 15 is 0 Å². The van der Waals surface area contributed by atoms with Gasteiger partial charge in [0, 0.05) is 10.4 Å². The average Bonchev–Trinajstić information content (AvgIpc) is 2.39. The predicted molar refractivity (Wildman–Crippen MR) is 61.3 cm³/mol. The van der Waals surface area contributed by atoms with Crippen LogP contribution in [0.2, 0.25) is 0 Å². The molecule has 1 aliphatic carbocycles. The van der Waals surface area contributed by atoms with Gasteiger partial charge in [-0.3, -0.25) is 0 Å². The number of thiophene rings is 1. The van der Waals surface area contributed by atoms with Gasteiger partial charge in [0.05, 0.1) is 5.00 Å². The van der Waals surface area contributed by atoms with E-state index in [9.17, 15) is 0 Å². The molecule has 0 atom stereocenters. The van der Waals surface area contributed by atoms with Gasteiger partial charge in [0.15, 0.2) is 0 Å². The van der Waals surface area contributed by atoms with Crippen LogP contribution in [0.4, 0.5) is 5.00 Å². The van der Waals surface area contributed by atoms with E-state index in [1.807, 2.05) is 0 Å². The van der Waals surface area contributed by atoms with E-state index < -0.39 is 0 Å². The molecule has 0 bridgehead atoms. The van der Waals surface area contributed by atoms with Crippen LogP contribution in [-0.2, 0) is 12.8 Å². The summed E-state index contributed by atoms with van der Waals surface area (Å²) in [7, 11) is 0. The lowest BCUT2D eigenvalue weighted by atomic mass is 9.95. The summed E-state index contributed by atoms with van der Waals surface area (Å²) in [5.41, 5.74) is 13.8. The van der Waals surface area contributed by atoms with Gasteiger partial charge < -0.3 is 11.5 Å². The van der Waals surface area contributed by atoms with Crippen LogP contribution in [0, 0.1) is 0 Å². The maximum atomic E-state index is 5.87. The minimum Gasteiger partial charge on any atom is -0.390 e. The second kappa shape index (κ2) is 3.27. The molecule has 1 aromatic rings. The standard InChI is InChI=1S/C9H12N2S2/c10-8(12)7-5-3-1-2-4-6(5)13-9(7)11/h1-4,11H2,(H2,10,12). The third-order valence-electron chi connectivity index (χ3n) is 2.44. The molecule has 0 aliphatic heterocycles. The maximum Gasteiger partial charge on any atom is 0.107 e. The molecule has 0 radical (unpaired) electrons. The van der Waals surface area contributed by atoms with Crippen LogP contribution in [0.1, 0.15) is 28.8 Å². The Bertz CT molecular complexity index is 355. The molecule has 0 fully saturated rings. The predicted octanol–water partition coefficient (Wildman–Crippen LogP) is 1.84. The van der Waals surface area contributed by atoms with Crippen molar-refractivity contribution < 1.29 is 0 Å². The number of fused-ring (bicyclic) bond motifs is 1. The van der Waals surface area contributed by atoms with Crippen LogP contribution in [0.5, 0.6) is 0 Å². The molecule has 4 heteroatoms. The molecule has 0 amide bonds. The summed E-state index contributed by atoms with van der Waals surface area (Å²) in [5.74, 6) is 0. The number of nitrogens with two attached hydrogens (primary N) is 2. The average molecular weight is 212 g/mol. The summed E-state index contributed by atoms with van der Waals surface area (Å²) in [4.78, 5) is 1.85. The molecular weight excluding hydrogens is 200 g/mol. The van der Waals surface area contributed by atoms with Gasteiger partial charge in [0.25, 0.3) is 0 Å². The number of nitrogen functional groups attached to an aromatic ring is 1. The lowest BCUT2D eigenvalue weighted by Gasteiger charge is -2.11. The second-order valence-corrected chi connectivity index (χ2v) is 4.89. The smallest absolute Gasteiger partial charge is 0.107 e. The summed E-state index contributed by atoms with van der Waals surface area (Å²) < 4.78 is 0. The molecular formula is C9H12N2S2. The van der Waals surface area contributed by atoms with Crippen molar-refractivity contribution in [1.82, 2.24) is 0 Å². The van der Waals surface area contributed by atoms with Gasteiger partial charge in [-0.25, -0.2) is 0 Å². The van der Waals surface area contributed by atoms with Crippen molar-refractivity contribution in [3.05, 3.63) is 16.0 Å². The SMILES string of the molecule is NC(=S)c1c(N)sc2c1CCCC2. The normalized spacial score (nSPS) is 15.4. The highest BCUT2D eigenvalue weighted by molar-refractivity contribution is 7.80. The molecule has 0 aromatic carbocycles.